The standard InChI is InChI=1S/C19H25N7O/c1-13-3-4-18-21-22-19(26(18)23-13)14-5-8-25(9-6-14)12-17-15-11-20-24(2)16(15)7-10-27-17/h3-4,11,14,17H,5-10,12H2,1-2H3. The second kappa shape index (κ2) is 6.69. The second-order valence-corrected chi connectivity index (χ2v) is 7.66. The zero-order valence-electron chi connectivity index (χ0n) is 15.9. The molecule has 3 aromatic heterocycles. The molecule has 0 spiro atoms. The molecular weight excluding hydrogens is 342 g/mol. The van der Waals surface area contributed by atoms with Gasteiger partial charge in [0.1, 0.15) is 0 Å². The maximum absolute atomic E-state index is 6.06. The molecule has 0 aliphatic carbocycles. The number of fused-ring (bicyclic) bond motifs is 2. The number of hydrogen-bond acceptors (Lipinski definition) is 6. The predicted octanol–water partition coefficient (Wildman–Crippen LogP) is 1.66. The highest BCUT2D eigenvalue weighted by molar-refractivity contribution is 5.36. The van der Waals surface area contributed by atoms with Crippen LogP contribution in [-0.4, -0.2) is 60.7 Å². The van der Waals surface area contributed by atoms with Crippen LogP contribution in [0.3, 0.4) is 0 Å². The Morgan fingerprint density at radius 2 is 2.04 bits per heavy atom. The summed E-state index contributed by atoms with van der Waals surface area (Å²) in [5, 5.41) is 17.7. The average molecular weight is 367 g/mol. The van der Waals surface area contributed by atoms with Crippen molar-refractivity contribution in [2.75, 3.05) is 26.2 Å². The van der Waals surface area contributed by atoms with Crippen molar-refractivity contribution in [2.45, 2.75) is 38.2 Å². The number of aromatic nitrogens is 6. The third kappa shape index (κ3) is 3.02. The Balaban J connectivity index is 1.26. The van der Waals surface area contributed by atoms with E-state index in [1.807, 2.05) is 41.5 Å². The summed E-state index contributed by atoms with van der Waals surface area (Å²) in [5.74, 6) is 1.41. The van der Waals surface area contributed by atoms with E-state index in [1.54, 1.807) is 0 Å². The molecule has 0 saturated carbocycles. The smallest absolute Gasteiger partial charge is 0.177 e. The molecule has 0 amide bonds. The molecule has 0 radical (unpaired) electrons. The fraction of sp³-hybridized carbons (Fsp3) is 0.579. The summed E-state index contributed by atoms with van der Waals surface area (Å²) in [6.07, 6.45) is 5.21. The van der Waals surface area contributed by atoms with Crippen molar-refractivity contribution in [3.05, 3.63) is 41.1 Å². The number of likely N-dealkylation sites (tertiary alicyclic amines) is 1. The zero-order chi connectivity index (χ0) is 18.4. The molecule has 142 valence electrons. The van der Waals surface area contributed by atoms with Crippen molar-refractivity contribution in [1.29, 1.82) is 0 Å². The lowest BCUT2D eigenvalue weighted by molar-refractivity contribution is 0.00984. The first-order valence-corrected chi connectivity index (χ1v) is 9.73. The first-order valence-electron chi connectivity index (χ1n) is 9.73. The van der Waals surface area contributed by atoms with E-state index >= 15 is 0 Å². The van der Waals surface area contributed by atoms with Crippen LogP contribution >= 0.6 is 0 Å². The molecule has 0 bridgehead atoms. The Kier molecular flexibility index (Phi) is 4.17. The molecule has 2 aliphatic rings. The van der Waals surface area contributed by atoms with Crippen LogP contribution in [0.15, 0.2) is 18.3 Å². The third-order valence-corrected chi connectivity index (χ3v) is 5.90. The summed E-state index contributed by atoms with van der Waals surface area (Å²) in [5.41, 5.74) is 4.40. The minimum Gasteiger partial charge on any atom is -0.372 e. The Labute approximate surface area is 158 Å². The van der Waals surface area contributed by atoms with Gasteiger partial charge in [-0.15, -0.1) is 10.2 Å². The van der Waals surface area contributed by atoms with Crippen molar-refractivity contribution >= 4 is 5.65 Å². The first kappa shape index (κ1) is 16.8. The zero-order valence-corrected chi connectivity index (χ0v) is 15.9. The molecule has 27 heavy (non-hydrogen) atoms. The topological polar surface area (TPSA) is 73.4 Å². The summed E-state index contributed by atoms with van der Waals surface area (Å²) in [6, 6.07) is 3.97. The fourth-order valence-electron chi connectivity index (χ4n) is 4.35. The van der Waals surface area contributed by atoms with Crippen molar-refractivity contribution in [2.24, 2.45) is 7.05 Å². The van der Waals surface area contributed by atoms with Gasteiger partial charge in [0.25, 0.3) is 0 Å². The van der Waals surface area contributed by atoms with Crippen molar-refractivity contribution in [3.8, 4) is 0 Å². The van der Waals surface area contributed by atoms with Gasteiger partial charge in [-0.2, -0.15) is 14.7 Å². The van der Waals surface area contributed by atoms with Gasteiger partial charge in [0.2, 0.25) is 0 Å². The number of hydrogen-bond donors (Lipinski definition) is 0. The molecule has 2 aliphatic heterocycles. The lowest BCUT2D eigenvalue weighted by Crippen LogP contribution is -2.38. The van der Waals surface area contributed by atoms with Gasteiger partial charge in [-0.25, -0.2) is 0 Å². The molecule has 1 saturated heterocycles. The lowest BCUT2D eigenvalue weighted by Gasteiger charge is -2.34. The Bertz CT molecular complexity index is 954. The number of rotatable bonds is 3. The maximum atomic E-state index is 6.06. The molecule has 5 rings (SSSR count). The van der Waals surface area contributed by atoms with Crippen LogP contribution in [-0.2, 0) is 18.2 Å². The Hall–Kier alpha value is -2.32. The molecule has 8 nitrogen and oxygen atoms in total. The van der Waals surface area contributed by atoms with E-state index in [0.717, 1.165) is 62.7 Å². The molecule has 1 unspecified atom stereocenters. The lowest BCUT2D eigenvalue weighted by atomic mass is 9.95. The molecular formula is C19H25N7O. The third-order valence-electron chi connectivity index (χ3n) is 5.90. The molecule has 0 aromatic carbocycles. The van der Waals surface area contributed by atoms with Crippen molar-refractivity contribution < 1.29 is 4.74 Å². The van der Waals surface area contributed by atoms with Gasteiger partial charge in [0.15, 0.2) is 11.5 Å². The molecule has 3 aromatic rings. The Morgan fingerprint density at radius 1 is 1.19 bits per heavy atom. The summed E-state index contributed by atoms with van der Waals surface area (Å²) in [7, 11) is 2.02. The number of aryl methyl sites for hydroxylation is 2. The number of nitrogens with zero attached hydrogens (tertiary/aromatic N) is 7. The van der Waals surface area contributed by atoms with Crippen LogP contribution in [0.1, 0.15) is 47.6 Å². The van der Waals surface area contributed by atoms with E-state index in [1.165, 1.54) is 11.3 Å². The molecule has 1 fully saturated rings. The average Bonchev–Trinajstić information content (AvgIpc) is 3.27. The molecule has 8 heteroatoms. The van der Waals surface area contributed by atoms with Crippen molar-refractivity contribution in [3.63, 3.8) is 0 Å². The predicted molar refractivity (Wildman–Crippen MR) is 99.5 cm³/mol. The Morgan fingerprint density at radius 3 is 2.89 bits per heavy atom. The quantitative estimate of drug-likeness (QED) is 0.701. The minimum absolute atomic E-state index is 0.136. The highest BCUT2D eigenvalue weighted by atomic mass is 16.5. The van der Waals surface area contributed by atoms with Crippen LogP contribution in [0.4, 0.5) is 0 Å². The molecule has 1 atom stereocenters. The van der Waals surface area contributed by atoms with E-state index in [4.69, 9.17) is 4.74 Å². The second-order valence-electron chi connectivity index (χ2n) is 7.66. The summed E-state index contributed by atoms with van der Waals surface area (Å²) < 4.78 is 9.97. The van der Waals surface area contributed by atoms with Crippen LogP contribution in [0.2, 0.25) is 0 Å². The SMILES string of the molecule is Cc1ccc2nnc(C3CCN(CC4OCCc5c4cnn5C)CC3)n2n1. The largest absolute Gasteiger partial charge is 0.372 e. The van der Waals surface area contributed by atoms with Crippen LogP contribution in [0.5, 0.6) is 0 Å². The molecule has 0 N–H and O–H groups in total. The normalized spacial score (nSPS) is 21.6. The number of ether oxygens (including phenoxy) is 1. The van der Waals surface area contributed by atoms with Gasteiger partial charge >= 0.3 is 0 Å². The van der Waals surface area contributed by atoms with Gasteiger partial charge in [0.05, 0.1) is 24.6 Å². The van der Waals surface area contributed by atoms with Gasteiger partial charge < -0.3 is 9.64 Å². The van der Waals surface area contributed by atoms with Gasteiger partial charge in [-0.3, -0.25) is 4.68 Å². The van der Waals surface area contributed by atoms with Gasteiger partial charge in [-0.05, 0) is 45.0 Å². The van der Waals surface area contributed by atoms with Gasteiger partial charge in [-0.1, -0.05) is 0 Å². The highest BCUT2D eigenvalue weighted by Crippen LogP contribution is 2.31. The monoisotopic (exact) mass is 367 g/mol. The van der Waals surface area contributed by atoms with Crippen LogP contribution < -0.4 is 0 Å². The fourth-order valence-corrected chi connectivity index (χ4v) is 4.35. The number of piperidine rings is 1. The summed E-state index contributed by atoms with van der Waals surface area (Å²) >= 11 is 0. The highest BCUT2D eigenvalue weighted by Gasteiger charge is 2.30. The minimum atomic E-state index is 0.136. The first-order chi connectivity index (χ1) is 13.2. The van der Waals surface area contributed by atoms with Crippen LogP contribution in [0.25, 0.3) is 5.65 Å². The van der Waals surface area contributed by atoms with Gasteiger partial charge in [0, 0.05) is 37.2 Å². The molecule has 5 heterocycles. The summed E-state index contributed by atoms with van der Waals surface area (Å²) in [6.45, 7) is 5.80. The van der Waals surface area contributed by atoms with Crippen LogP contribution in [0, 0.1) is 6.92 Å². The van der Waals surface area contributed by atoms with E-state index < -0.39 is 0 Å². The van der Waals surface area contributed by atoms with E-state index in [0.29, 0.717) is 5.92 Å². The van der Waals surface area contributed by atoms with E-state index in [9.17, 15) is 0 Å². The maximum Gasteiger partial charge on any atom is 0.177 e. The van der Waals surface area contributed by atoms with E-state index in [-0.39, 0.29) is 6.10 Å². The van der Waals surface area contributed by atoms with Crippen molar-refractivity contribution in [1.82, 2.24) is 34.5 Å². The summed E-state index contributed by atoms with van der Waals surface area (Å²) in [4.78, 5) is 2.51. The van der Waals surface area contributed by atoms with E-state index in [2.05, 4.69) is 25.3 Å².